The van der Waals surface area contributed by atoms with Gasteiger partial charge >= 0.3 is 0 Å². The van der Waals surface area contributed by atoms with Crippen LogP contribution in [0.5, 0.6) is 0 Å². The van der Waals surface area contributed by atoms with Crippen LogP contribution >= 0.6 is 0 Å². The van der Waals surface area contributed by atoms with E-state index in [1.54, 1.807) is 0 Å². The van der Waals surface area contributed by atoms with Gasteiger partial charge in [-0.05, 0) is 12.8 Å². The van der Waals surface area contributed by atoms with Crippen molar-refractivity contribution in [3.63, 3.8) is 0 Å². The van der Waals surface area contributed by atoms with Crippen LogP contribution < -0.4 is 5.56 Å². The van der Waals surface area contributed by atoms with Gasteiger partial charge in [-0.15, -0.1) is 0 Å². The van der Waals surface area contributed by atoms with Crippen molar-refractivity contribution in [3.05, 3.63) is 22.2 Å². The molecule has 1 fully saturated rings. The van der Waals surface area contributed by atoms with E-state index in [1.807, 2.05) is 0 Å². The van der Waals surface area contributed by atoms with Crippen molar-refractivity contribution in [2.45, 2.75) is 23.8 Å². The van der Waals surface area contributed by atoms with E-state index in [4.69, 9.17) is 0 Å². The molecule has 0 aromatic carbocycles. The predicted molar refractivity (Wildman–Crippen MR) is 49.9 cm³/mol. The summed E-state index contributed by atoms with van der Waals surface area (Å²) >= 11 is 0. The van der Waals surface area contributed by atoms with Crippen molar-refractivity contribution in [1.82, 2.24) is 9.97 Å². The molecule has 76 valence electrons. The summed E-state index contributed by atoms with van der Waals surface area (Å²) in [7, 11) is -3.38. The van der Waals surface area contributed by atoms with E-state index >= 15 is 0 Å². The minimum absolute atomic E-state index is 0.136. The molecule has 0 bridgehead atoms. The van der Waals surface area contributed by atoms with E-state index in [0.717, 1.165) is 25.2 Å². The molecule has 1 N–H and O–H groups in total. The molecule has 0 amide bonds. The highest BCUT2D eigenvalue weighted by atomic mass is 32.2. The first-order valence-electron chi connectivity index (χ1n) is 4.28. The van der Waals surface area contributed by atoms with E-state index in [1.165, 1.54) is 0 Å². The molecule has 1 aromatic rings. The lowest BCUT2D eigenvalue weighted by Gasteiger charge is -2.00. The van der Waals surface area contributed by atoms with E-state index < -0.39 is 15.4 Å². The average molecular weight is 214 g/mol. The molecule has 5 nitrogen and oxygen atoms in total. The summed E-state index contributed by atoms with van der Waals surface area (Å²) in [5.74, 6) is 0.738. The lowest BCUT2D eigenvalue weighted by atomic mass is 10.4. The highest BCUT2D eigenvalue weighted by Gasteiger charge is 2.27. The van der Waals surface area contributed by atoms with Crippen molar-refractivity contribution in [2.24, 2.45) is 0 Å². The molecule has 1 aromatic heterocycles. The maximum atomic E-state index is 11.2. The van der Waals surface area contributed by atoms with Gasteiger partial charge in [0.05, 0.1) is 0 Å². The summed E-state index contributed by atoms with van der Waals surface area (Å²) < 4.78 is 22.3. The van der Waals surface area contributed by atoms with Crippen LogP contribution in [0.2, 0.25) is 0 Å². The number of hydrogen-bond acceptors (Lipinski definition) is 4. The maximum Gasteiger partial charge on any atom is 0.252 e. The Bertz CT molecular complexity index is 514. The Balaban J connectivity index is 2.57. The van der Waals surface area contributed by atoms with Gasteiger partial charge in [0.1, 0.15) is 5.82 Å². The molecule has 1 saturated carbocycles. The molecule has 0 saturated heterocycles. The summed E-state index contributed by atoms with van der Waals surface area (Å²) in [6.45, 7) is 0. The van der Waals surface area contributed by atoms with Crippen molar-refractivity contribution in [2.75, 3.05) is 6.26 Å². The fourth-order valence-electron chi connectivity index (χ4n) is 1.19. The third-order valence-electron chi connectivity index (χ3n) is 2.08. The van der Waals surface area contributed by atoms with Crippen molar-refractivity contribution in [1.29, 1.82) is 0 Å². The largest absolute Gasteiger partial charge is 0.310 e. The van der Waals surface area contributed by atoms with E-state index in [0.29, 0.717) is 5.82 Å². The van der Waals surface area contributed by atoms with Crippen LogP contribution in [0, 0.1) is 0 Å². The summed E-state index contributed by atoms with van der Waals surface area (Å²) in [5, 5.41) is -0.136. The number of sulfone groups is 1. The number of hydrogen-bond donors (Lipinski definition) is 1. The Morgan fingerprint density at radius 3 is 2.64 bits per heavy atom. The number of nitrogens with one attached hydrogen (secondary N) is 1. The first-order valence-corrected chi connectivity index (χ1v) is 6.17. The molecule has 0 atom stereocenters. The van der Waals surface area contributed by atoms with Crippen LogP contribution in [0.4, 0.5) is 0 Å². The predicted octanol–water partition coefficient (Wildman–Crippen LogP) is 0.0508. The Hall–Kier alpha value is -1.17. The number of aromatic nitrogens is 2. The molecule has 0 aliphatic heterocycles. The van der Waals surface area contributed by atoms with Crippen LogP contribution in [0.3, 0.4) is 0 Å². The van der Waals surface area contributed by atoms with Gasteiger partial charge in [-0.3, -0.25) is 4.79 Å². The summed E-state index contributed by atoms with van der Waals surface area (Å²) in [4.78, 5) is 17.6. The fraction of sp³-hybridized carbons (Fsp3) is 0.500. The monoisotopic (exact) mass is 214 g/mol. The zero-order chi connectivity index (χ0) is 10.3. The Morgan fingerprint density at radius 2 is 2.14 bits per heavy atom. The molecule has 0 radical (unpaired) electrons. The normalized spacial score (nSPS) is 16.9. The number of aromatic amines is 1. The number of H-pyrrole nitrogens is 1. The minimum atomic E-state index is -3.38. The topological polar surface area (TPSA) is 79.9 Å². The average Bonchev–Trinajstić information content (AvgIpc) is 2.83. The number of nitrogens with zero attached hydrogens (tertiary/aromatic N) is 1. The second-order valence-electron chi connectivity index (χ2n) is 3.52. The van der Waals surface area contributed by atoms with Crippen LogP contribution in [0.1, 0.15) is 24.6 Å². The Labute approximate surface area is 81.1 Å². The van der Waals surface area contributed by atoms with Crippen LogP contribution in [-0.4, -0.2) is 24.6 Å². The Morgan fingerprint density at radius 1 is 1.50 bits per heavy atom. The van der Waals surface area contributed by atoms with Gasteiger partial charge in [-0.2, -0.15) is 0 Å². The van der Waals surface area contributed by atoms with Gasteiger partial charge in [0.15, 0.2) is 14.9 Å². The SMILES string of the molecule is CS(=O)(=O)c1cc(=O)[nH]c(C2CC2)n1. The standard InChI is InChI=1S/C8H10N2O3S/c1-14(12,13)7-4-6(11)9-8(10-7)5-2-3-5/h4-5H,2-3H2,1H3,(H,9,10,11). The lowest BCUT2D eigenvalue weighted by molar-refractivity contribution is 0.596. The third kappa shape index (κ3) is 1.84. The lowest BCUT2D eigenvalue weighted by Crippen LogP contribution is -2.14. The van der Waals surface area contributed by atoms with Gasteiger partial charge in [-0.1, -0.05) is 0 Å². The highest BCUT2D eigenvalue weighted by Crippen LogP contribution is 2.37. The van der Waals surface area contributed by atoms with Gasteiger partial charge in [0.25, 0.3) is 5.56 Å². The van der Waals surface area contributed by atoms with Crippen molar-refractivity contribution in [3.8, 4) is 0 Å². The second kappa shape index (κ2) is 2.91. The summed E-state index contributed by atoms with van der Waals surface area (Å²) in [5.41, 5.74) is -0.401. The second-order valence-corrected chi connectivity index (χ2v) is 5.48. The zero-order valence-electron chi connectivity index (χ0n) is 7.65. The van der Waals surface area contributed by atoms with Gasteiger partial charge < -0.3 is 4.98 Å². The summed E-state index contributed by atoms with van der Waals surface area (Å²) in [6.07, 6.45) is 2.98. The quantitative estimate of drug-likeness (QED) is 0.705. The molecular formula is C8H10N2O3S. The van der Waals surface area contributed by atoms with Crippen LogP contribution in [0.25, 0.3) is 0 Å². The van der Waals surface area contributed by atoms with Gasteiger partial charge in [0.2, 0.25) is 0 Å². The van der Waals surface area contributed by atoms with Crippen LogP contribution in [0.15, 0.2) is 15.9 Å². The molecule has 6 heteroatoms. The van der Waals surface area contributed by atoms with Crippen molar-refractivity contribution < 1.29 is 8.42 Å². The maximum absolute atomic E-state index is 11.2. The van der Waals surface area contributed by atoms with E-state index in [2.05, 4.69) is 9.97 Å². The molecule has 0 spiro atoms. The summed E-state index contributed by atoms with van der Waals surface area (Å²) in [6, 6.07) is 1.02. The van der Waals surface area contributed by atoms with E-state index in [-0.39, 0.29) is 10.9 Å². The Kier molecular flexibility index (Phi) is 1.95. The van der Waals surface area contributed by atoms with Gasteiger partial charge in [0, 0.05) is 18.2 Å². The first kappa shape index (κ1) is 9.39. The first-order chi connectivity index (χ1) is 6.47. The zero-order valence-corrected chi connectivity index (χ0v) is 8.47. The number of rotatable bonds is 2. The molecule has 1 heterocycles. The highest BCUT2D eigenvalue weighted by molar-refractivity contribution is 7.90. The molecule has 0 unspecified atom stereocenters. The molecular weight excluding hydrogens is 204 g/mol. The van der Waals surface area contributed by atoms with E-state index in [9.17, 15) is 13.2 Å². The van der Waals surface area contributed by atoms with Gasteiger partial charge in [-0.25, -0.2) is 13.4 Å². The molecule has 1 aliphatic rings. The molecule has 14 heavy (non-hydrogen) atoms. The van der Waals surface area contributed by atoms with Crippen LogP contribution in [-0.2, 0) is 9.84 Å². The smallest absolute Gasteiger partial charge is 0.252 e. The minimum Gasteiger partial charge on any atom is -0.310 e. The fourth-order valence-corrected chi connectivity index (χ4v) is 1.78. The van der Waals surface area contributed by atoms with Crippen molar-refractivity contribution >= 4 is 9.84 Å². The third-order valence-corrected chi connectivity index (χ3v) is 3.05. The molecule has 1 aliphatic carbocycles. The molecule has 2 rings (SSSR count).